The molecule has 12 nitrogen and oxygen atoms in total. The molecule has 2 atom stereocenters. The molecule has 0 aliphatic heterocycles. The Kier molecular flexibility index (Phi) is 9.48. The van der Waals surface area contributed by atoms with E-state index in [9.17, 15) is 19.2 Å². The lowest BCUT2D eigenvalue weighted by Crippen LogP contribution is -2.50. The zero-order valence-corrected chi connectivity index (χ0v) is 13.2. The van der Waals surface area contributed by atoms with Crippen LogP contribution in [0.3, 0.4) is 0 Å². The summed E-state index contributed by atoms with van der Waals surface area (Å²) in [6, 6.07) is -2.08. The van der Waals surface area contributed by atoms with E-state index in [2.05, 4.69) is 15.6 Å². The lowest BCUT2D eigenvalue weighted by molar-refractivity contribution is -0.130. The number of nitrogens with one attached hydrogen (secondary N) is 2. The number of hydrogen-bond acceptors (Lipinski definition) is 6. The molecule has 0 saturated carbocycles. The summed E-state index contributed by atoms with van der Waals surface area (Å²) in [5.74, 6) is -2.90. The third-order valence-corrected chi connectivity index (χ3v) is 2.80. The lowest BCUT2D eigenvalue weighted by atomic mass is 10.1. The van der Waals surface area contributed by atoms with Gasteiger partial charge >= 0.3 is 0 Å². The molecule has 0 fully saturated rings. The van der Waals surface area contributed by atoms with Gasteiger partial charge in [0, 0.05) is 6.54 Å². The molecule has 0 aliphatic carbocycles. The predicted octanol–water partition coefficient (Wildman–Crippen LogP) is -4.67. The highest BCUT2D eigenvalue weighted by Gasteiger charge is 2.20. The van der Waals surface area contributed by atoms with Crippen LogP contribution in [0.4, 0.5) is 0 Å². The highest BCUT2D eigenvalue weighted by Crippen LogP contribution is 1.97. The van der Waals surface area contributed by atoms with Crippen molar-refractivity contribution in [2.75, 3.05) is 13.1 Å². The molecule has 0 aliphatic rings. The molecule has 4 amide bonds. The van der Waals surface area contributed by atoms with Crippen LogP contribution in [0.2, 0.25) is 0 Å². The van der Waals surface area contributed by atoms with Gasteiger partial charge in [0.25, 0.3) is 0 Å². The van der Waals surface area contributed by atoms with Crippen LogP contribution in [-0.4, -0.2) is 54.8 Å². The van der Waals surface area contributed by atoms with Crippen LogP contribution < -0.4 is 39.3 Å². The molecule has 0 aromatic heterocycles. The van der Waals surface area contributed by atoms with Crippen molar-refractivity contribution in [2.45, 2.75) is 31.3 Å². The van der Waals surface area contributed by atoms with Gasteiger partial charge in [0.2, 0.25) is 23.6 Å². The van der Waals surface area contributed by atoms with E-state index in [0.717, 1.165) is 0 Å². The maximum absolute atomic E-state index is 11.7. The van der Waals surface area contributed by atoms with Crippen molar-refractivity contribution in [2.24, 2.45) is 33.7 Å². The van der Waals surface area contributed by atoms with Gasteiger partial charge in [0.05, 0.1) is 19.0 Å². The molecule has 0 radical (unpaired) electrons. The fraction of sp³-hybridized carbons (Fsp3) is 0.583. The SMILES string of the molecule is NC(=O)CC(N)C(=O)NCC(=O)NC(CCCN=C(N)N)C(N)=O. The molecular formula is C12H24N8O4. The van der Waals surface area contributed by atoms with Gasteiger partial charge in [-0.2, -0.15) is 0 Å². The Bertz CT molecular complexity index is 503. The molecule has 0 rings (SSSR count). The smallest absolute Gasteiger partial charge is 0.240 e. The highest BCUT2D eigenvalue weighted by atomic mass is 16.2. The average Bonchev–Trinajstić information content (AvgIpc) is 2.46. The first-order valence-corrected chi connectivity index (χ1v) is 7.09. The molecule has 0 bridgehead atoms. The normalized spacial score (nSPS) is 12.5. The number of primary amides is 2. The van der Waals surface area contributed by atoms with Crippen molar-refractivity contribution in [1.82, 2.24) is 10.6 Å². The van der Waals surface area contributed by atoms with E-state index in [1.807, 2.05) is 0 Å². The van der Waals surface area contributed by atoms with Crippen molar-refractivity contribution >= 4 is 29.6 Å². The first-order chi connectivity index (χ1) is 11.1. The minimum absolute atomic E-state index is 0.0790. The Morgan fingerprint density at radius 2 is 1.67 bits per heavy atom. The zero-order valence-electron chi connectivity index (χ0n) is 13.2. The molecule has 0 spiro atoms. The van der Waals surface area contributed by atoms with E-state index in [0.29, 0.717) is 6.42 Å². The van der Waals surface area contributed by atoms with Crippen molar-refractivity contribution < 1.29 is 19.2 Å². The fourth-order valence-corrected chi connectivity index (χ4v) is 1.64. The van der Waals surface area contributed by atoms with Gasteiger partial charge in [-0.3, -0.25) is 24.2 Å². The molecular weight excluding hydrogens is 320 g/mol. The number of amides is 4. The summed E-state index contributed by atoms with van der Waals surface area (Å²) in [7, 11) is 0. The maximum Gasteiger partial charge on any atom is 0.240 e. The summed E-state index contributed by atoms with van der Waals surface area (Å²) in [6.45, 7) is -0.149. The number of carbonyl (C=O) groups is 4. The first-order valence-electron chi connectivity index (χ1n) is 7.09. The van der Waals surface area contributed by atoms with E-state index in [4.69, 9.17) is 28.7 Å². The summed E-state index contributed by atoms with van der Waals surface area (Å²) in [4.78, 5) is 48.9. The minimum Gasteiger partial charge on any atom is -0.370 e. The second-order valence-corrected chi connectivity index (χ2v) is 4.97. The molecule has 2 unspecified atom stereocenters. The molecule has 0 heterocycles. The third-order valence-electron chi connectivity index (χ3n) is 2.80. The van der Waals surface area contributed by atoms with Gasteiger partial charge in [-0.05, 0) is 12.8 Å². The van der Waals surface area contributed by atoms with Gasteiger partial charge in [-0.25, -0.2) is 0 Å². The Labute approximate surface area is 138 Å². The second-order valence-electron chi connectivity index (χ2n) is 4.97. The van der Waals surface area contributed by atoms with Crippen LogP contribution in [0.15, 0.2) is 4.99 Å². The molecule has 12 heteroatoms. The van der Waals surface area contributed by atoms with Gasteiger partial charge in [-0.15, -0.1) is 0 Å². The molecule has 0 saturated heterocycles. The van der Waals surface area contributed by atoms with Crippen molar-refractivity contribution in [3.05, 3.63) is 0 Å². The van der Waals surface area contributed by atoms with Crippen LogP contribution in [-0.2, 0) is 19.2 Å². The Morgan fingerprint density at radius 3 is 2.17 bits per heavy atom. The van der Waals surface area contributed by atoms with E-state index >= 15 is 0 Å². The predicted molar refractivity (Wildman–Crippen MR) is 85.8 cm³/mol. The van der Waals surface area contributed by atoms with Gasteiger partial charge in [0.15, 0.2) is 5.96 Å². The standard InChI is InChI=1S/C12H24N8O4/c13-6(4-8(14)21)11(24)19-5-9(22)20-7(10(15)23)2-1-3-18-12(16)17/h6-7H,1-5,13H2,(H2,14,21)(H2,15,23)(H,19,24)(H,20,22)(H4,16,17,18). The third kappa shape index (κ3) is 9.94. The van der Waals surface area contributed by atoms with Gasteiger partial charge in [-0.1, -0.05) is 0 Å². The number of carbonyl (C=O) groups excluding carboxylic acids is 4. The van der Waals surface area contributed by atoms with E-state index in [1.165, 1.54) is 0 Å². The molecule has 0 aromatic rings. The Morgan fingerprint density at radius 1 is 1.04 bits per heavy atom. The zero-order chi connectivity index (χ0) is 18.7. The topological polar surface area (TPSA) is 235 Å². The van der Waals surface area contributed by atoms with E-state index in [1.54, 1.807) is 0 Å². The first kappa shape index (κ1) is 21.1. The van der Waals surface area contributed by atoms with Crippen LogP contribution in [0.1, 0.15) is 19.3 Å². The Hall–Kier alpha value is -2.89. The number of hydrogen-bond donors (Lipinski definition) is 7. The average molecular weight is 344 g/mol. The molecule has 24 heavy (non-hydrogen) atoms. The summed E-state index contributed by atoms with van der Waals surface area (Å²) in [5, 5.41) is 4.59. The fourth-order valence-electron chi connectivity index (χ4n) is 1.64. The largest absolute Gasteiger partial charge is 0.370 e. The monoisotopic (exact) mass is 344 g/mol. The molecule has 0 aromatic carbocycles. The Balaban J connectivity index is 4.28. The van der Waals surface area contributed by atoms with Crippen molar-refractivity contribution in [3.8, 4) is 0 Å². The van der Waals surface area contributed by atoms with Crippen LogP contribution >= 0.6 is 0 Å². The number of rotatable bonds is 11. The summed E-state index contributed by atoms with van der Waals surface area (Å²) in [5.41, 5.74) is 25.8. The second kappa shape index (κ2) is 10.8. The summed E-state index contributed by atoms with van der Waals surface area (Å²) in [6.07, 6.45) is 0.302. The molecule has 136 valence electrons. The number of guanidine groups is 1. The lowest BCUT2D eigenvalue weighted by Gasteiger charge is -2.16. The van der Waals surface area contributed by atoms with E-state index in [-0.39, 0.29) is 25.3 Å². The number of nitrogens with zero attached hydrogens (tertiary/aromatic N) is 1. The highest BCUT2D eigenvalue weighted by molar-refractivity contribution is 5.92. The van der Waals surface area contributed by atoms with Crippen LogP contribution in [0.5, 0.6) is 0 Å². The maximum atomic E-state index is 11.7. The number of nitrogens with two attached hydrogens (primary N) is 5. The minimum atomic E-state index is -1.15. The molecule has 12 N–H and O–H groups in total. The summed E-state index contributed by atoms with van der Waals surface area (Å²) < 4.78 is 0. The summed E-state index contributed by atoms with van der Waals surface area (Å²) >= 11 is 0. The van der Waals surface area contributed by atoms with Crippen molar-refractivity contribution in [3.63, 3.8) is 0 Å². The number of aliphatic imine (C=N–C) groups is 1. The van der Waals surface area contributed by atoms with E-state index < -0.39 is 42.3 Å². The quantitative estimate of drug-likeness (QED) is 0.110. The van der Waals surface area contributed by atoms with Gasteiger partial charge < -0.3 is 39.3 Å². The van der Waals surface area contributed by atoms with Gasteiger partial charge in [0.1, 0.15) is 6.04 Å². The van der Waals surface area contributed by atoms with Crippen molar-refractivity contribution in [1.29, 1.82) is 0 Å². The van der Waals surface area contributed by atoms with Crippen LogP contribution in [0, 0.1) is 0 Å². The van der Waals surface area contributed by atoms with Crippen LogP contribution in [0.25, 0.3) is 0 Å².